The normalized spacial score (nSPS) is 12.0. The molecule has 1 aromatic carbocycles. The van der Waals surface area contributed by atoms with Crippen molar-refractivity contribution < 1.29 is 5.11 Å². The highest BCUT2D eigenvalue weighted by Gasteiger charge is 2.00. The summed E-state index contributed by atoms with van der Waals surface area (Å²) in [5.74, 6) is 0. The van der Waals surface area contributed by atoms with Gasteiger partial charge >= 0.3 is 0 Å². The third-order valence-electron chi connectivity index (χ3n) is 2.32. The SMILES string of the molecule is Cc1ccc(NC(=S)NC[C@@H](C)O)cc1C. The highest BCUT2D eigenvalue weighted by Crippen LogP contribution is 2.13. The summed E-state index contributed by atoms with van der Waals surface area (Å²) in [5, 5.41) is 15.6. The van der Waals surface area contributed by atoms with Crippen LogP contribution in [0.1, 0.15) is 18.1 Å². The molecule has 1 rings (SSSR count). The molecule has 16 heavy (non-hydrogen) atoms. The maximum Gasteiger partial charge on any atom is 0.170 e. The monoisotopic (exact) mass is 238 g/mol. The van der Waals surface area contributed by atoms with Gasteiger partial charge in [0.25, 0.3) is 0 Å². The Labute approximate surface area is 102 Å². The minimum Gasteiger partial charge on any atom is -0.392 e. The summed E-state index contributed by atoms with van der Waals surface area (Å²) >= 11 is 5.10. The number of aryl methyl sites for hydroxylation is 2. The maximum atomic E-state index is 9.10. The third kappa shape index (κ3) is 4.16. The van der Waals surface area contributed by atoms with Crippen LogP contribution in [0.2, 0.25) is 0 Å². The van der Waals surface area contributed by atoms with Crippen molar-refractivity contribution in [2.75, 3.05) is 11.9 Å². The van der Waals surface area contributed by atoms with E-state index in [1.54, 1.807) is 6.92 Å². The number of aliphatic hydroxyl groups is 1. The number of thiocarbonyl (C=S) groups is 1. The molecule has 0 amide bonds. The van der Waals surface area contributed by atoms with Gasteiger partial charge in [-0.15, -0.1) is 0 Å². The summed E-state index contributed by atoms with van der Waals surface area (Å²) in [6, 6.07) is 6.08. The van der Waals surface area contributed by atoms with Gasteiger partial charge in [0.15, 0.2) is 5.11 Å². The molecule has 0 heterocycles. The van der Waals surface area contributed by atoms with Crippen molar-refractivity contribution in [3.05, 3.63) is 29.3 Å². The lowest BCUT2D eigenvalue weighted by molar-refractivity contribution is 0.198. The molecule has 3 nitrogen and oxygen atoms in total. The van der Waals surface area contributed by atoms with Gasteiger partial charge < -0.3 is 15.7 Å². The van der Waals surface area contributed by atoms with Crippen LogP contribution in [0.3, 0.4) is 0 Å². The summed E-state index contributed by atoms with van der Waals surface area (Å²) in [7, 11) is 0. The third-order valence-corrected chi connectivity index (χ3v) is 2.57. The average molecular weight is 238 g/mol. The first-order valence-corrected chi connectivity index (χ1v) is 5.70. The second kappa shape index (κ2) is 5.82. The summed E-state index contributed by atoms with van der Waals surface area (Å²) in [6.07, 6.45) is -0.403. The molecule has 0 saturated heterocycles. The fourth-order valence-electron chi connectivity index (χ4n) is 1.23. The van der Waals surface area contributed by atoms with Gasteiger partial charge in [-0.05, 0) is 56.2 Å². The molecule has 0 radical (unpaired) electrons. The van der Waals surface area contributed by atoms with E-state index in [0.717, 1.165) is 5.69 Å². The van der Waals surface area contributed by atoms with E-state index >= 15 is 0 Å². The van der Waals surface area contributed by atoms with Crippen molar-refractivity contribution in [2.24, 2.45) is 0 Å². The van der Waals surface area contributed by atoms with E-state index in [9.17, 15) is 0 Å². The topological polar surface area (TPSA) is 44.3 Å². The minimum absolute atomic E-state index is 0.403. The zero-order valence-electron chi connectivity index (χ0n) is 9.87. The van der Waals surface area contributed by atoms with E-state index in [4.69, 9.17) is 17.3 Å². The van der Waals surface area contributed by atoms with Gasteiger partial charge in [-0.2, -0.15) is 0 Å². The van der Waals surface area contributed by atoms with Gasteiger partial charge in [0, 0.05) is 12.2 Å². The summed E-state index contributed by atoms with van der Waals surface area (Å²) in [6.45, 7) is 6.30. The largest absolute Gasteiger partial charge is 0.392 e. The maximum absolute atomic E-state index is 9.10. The van der Waals surface area contributed by atoms with Gasteiger partial charge in [-0.25, -0.2) is 0 Å². The molecule has 88 valence electrons. The van der Waals surface area contributed by atoms with Crippen LogP contribution in [0.25, 0.3) is 0 Å². The molecule has 0 unspecified atom stereocenters. The van der Waals surface area contributed by atoms with Gasteiger partial charge in [0.1, 0.15) is 0 Å². The van der Waals surface area contributed by atoms with Crippen molar-refractivity contribution in [3.8, 4) is 0 Å². The van der Waals surface area contributed by atoms with E-state index < -0.39 is 6.10 Å². The van der Waals surface area contributed by atoms with E-state index in [0.29, 0.717) is 11.7 Å². The van der Waals surface area contributed by atoms with Crippen molar-refractivity contribution in [3.63, 3.8) is 0 Å². The van der Waals surface area contributed by atoms with Crippen LogP contribution >= 0.6 is 12.2 Å². The van der Waals surface area contributed by atoms with Gasteiger partial charge in [-0.1, -0.05) is 6.07 Å². The molecular weight excluding hydrogens is 220 g/mol. The van der Waals surface area contributed by atoms with Crippen LogP contribution in [0, 0.1) is 13.8 Å². The zero-order chi connectivity index (χ0) is 12.1. The van der Waals surface area contributed by atoms with Crippen LogP contribution in [0.5, 0.6) is 0 Å². The molecule has 0 aromatic heterocycles. The number of nitrogens with one attached hydrogen (secondary N) is 2. The highest BCUT2D eigenvalue weighted by atomic mass is 32.1. The van der Waals surface area contributed by atoms with E-state index in [1.807, 2.05) is 12.1 Å². The second-order valence-corrected chi connectivity index (χ2v) is 4.39. The Morgan fingerprint density at radius 3 is 2.62 bits per heavy atom. The van der Waals surface area contributed by atoms with Crippen molar-refractivity contribution >= 4 is 23.0 Å². The van der Waals surface area contributed by atoms with Gasteiger partial charge in [-0.3, -0.25) is 0 Å². The van der Waals surface area contributed by atoms with Crippen LogP contribution < -0.4 is 10.6 Å². The highest BCUT2D eigenvalue weighted by molar-refractivity contribution is 7.80. The minimum atomic E-state index is -0.403. The number of anilines is 1. The molecule has 1 aromatic rings. The average Bonchev–Trinajstić information content (AvgIpc) is 2.21. The number of hydrogen-bond donors (Lipinski definition) is 3. The van der Waals surface area contributed by atoms with Crippen molar-refractivity contribution in [2.45, 2.75) is 26.9 Å². The lowest BCUT2D eigenvalue weighted by Crippen LogP contribution is -2.33. The Balaban J connectivity index is 2.53. The van der Waals surface area contributed by atoms with Crippen LogP contribution in [-0.2, 0) is 0 Å². The number of rotatable bonds is 3. The Bertz CT molecular complexity index is 377. The molecule has 3 N–H and O–H groups in total. The Hall–Kier alpha value is -1.13. The summed E-state index contributed by atoms with van der Waals surface area (Å²) < 4.78 is 0. The van der Waals surface area contributed by atoms with Crippen LogP contribution in [0.15, 0.2) is 18.2 Å². The van der Waals surface area contributed by atoms with Crippen molar-refractivity contribution in [1.29, 1.82) is 0 Å². The van der Waals surface area contributed by atoms with Crippen LogP contribution in [0.4, 0.5) is 5.69 Å². The predicted octanol–water partition coefficient (Wildman–Crippen LogP) is 1.97. The molecule has 0 aliphatic rings. The fourth-order valence-corrected chi connectivity index (χ4v) is 1.44. The van der Waals surface area contributed by atoms with Gasteiger partial charge in [0.05, 0.1) is 6.10 Å². The molecule has 0 fully saturated rings. The standard InChI is InChI=1S/C12H18N2OS/c1-8-4-5-11(6-9(8)2)14-12(16)13-7-10(3)15/h4-6,10,15H,7H2,1-3H3,(H2,13,14,16)/t10-/m1/s1. The molecule has 0 bridgehead atoms. The lowest BCUT2D eigenvalue weighted by Gasteiger charge is -2.12. The fraction of sp³-hybridized carbons (Fsp3) is 0.417. The Kier molecular flexibility index (Phi) is 4.71. The Morgan fingerprint density at radius 1 is 1.38 bits per heavy atom. The van der Waals surface area contributed by atoms with Crippen LogP contribution in [-0.4, -0.2) is 22.9 Å². The molecule has 0 saturated carbocycles. The van der Waals surface area contributed by atoms with E-state index in [1.165, 1.54) is 11.1 Å². The number of aliphatic hydroxyl groups excluding tert-OH is 1. The van der Waals surface area contributed by atoms with E-state index in [-0.39, 0.29) is 0 Å². The molecule has 4 heteroatoms. The first-order chi connectivity index (χ1) is 7.49. The lowest BCUT2D eigenvalue weighted by atomic mass is 10.1. The molecule has 1 atom stereocenters. The summed E-state index contributed by atoms with van der Waals surface area (Å²) in [5.41, 5.74) is 3.45. The molecule has 0 aliphatic carbocycles. The smallest absolute Gasteiger partial charge is 0.170 e. The molecular formula is C12H18N2OS. The Morgan fingerprint density at radius 2 is 2.06 bits per heavy atom. The second-order valence-electron chi connectivity index (χ2n) is 3.98. The number of hydrogen-bond acceptors (Lipinski definition) is 2. The quantitative estimate of drug-likeness (QED) is 0.705. The van der Waals surface area contributed by atoms with Gasteiger partial charge in [0.2, 0.25) is 0 Å². The molecule has 0 aliphatic heterocycles. The predicted molar refractivity (Wildman–Crippen MR) is 71.8 cm³/mol. The zero-order valence-corrected chi connectivity index (χ0v) is 10.7. The van der Waals surface area contributed by atoms with E-state index in [2.05, 4.69) is 30.5 Å². The first-order valence-electron chi connectivity index (χ1n) is 5.29. The first kappa shape index (κ1) is 12.9. The van der Waals surface area contributed by atoms with Crippen molar-refractivity contribution in [1.82, 2.24) is 5.32 Å². The number of benzene rings is 1. The summed E-state index contributed by atoms with van der Waals surface area (Å²) in [4.78, 5) is 0. The molecule has 0 spiro atoms.